The number of rotatable bonds is 7. The number of ether oxygens (including phenoxy) is 1. The summed E-state index contributed by atoms with van der Waals surface area (Å²) >= 11 is 0. The van der Waals surface area contributed by atoms with Crippen molar-refractivity contribution in [2.75, 3.05) is 20.2 Å². The molecule has 0 saturated carbocycles. The summed E-state index contributed by atoms with van der Waals surface area (Å²) < 4.78 is 4.64. The average molecular weight is 289 g/mol. The van der Waals surface area contributed by atoms with E-state index in [0.29, 0.717) is 5.56 Å². The molecule has 1 aromatic rings. The Morgan fingerprint density at radius 1 is 1.10 bits per heavy atom. The van der Waals surface area contributed by atoms with Crippen LogP contribution in [-0.4, -0.2) is 37.0 Å². The number of nitrogens with zero attached hydrogens (tertiary/aromatic N) is 1. The molecule has 0 fully saturated rings. The first-order chi connectivity index (χ1) is 10.1. The van der Waals surface area contributed by atoms with Crippen LogP contribution in [0.2, 0.25) is 0 Å². The topological polar surface area (TPSA) is 46.6 Å². The Balaban J connectivity index is 2.70. The Kier molecular flexibility index (Phi) is 7.23. The van der Waals surface area contributed by atoms with Crippen LogP contribution in [0.15, 0.2) is 30.3 Å². The molecule has 0 unspecified atom stereocenters. The van der Waals surface area contributed by atoms with Crippen LogP contribution in [-0.2, 0) is 9.53 Å². The zero-order valence-corrected chi connectivity index (χ0v) is 13.0. The molecule has 4 nitrogen and oxygen atoms in total. The van der Waals surface area contributed by atoms with E-state index in [1.165, 1.54) is 7.11 Å². The van der Waals surface area contributed by atoms with Gasteiger partial charge < -0.3 is 9.64 Å². The van der Waals surface area contributed by atoms with Gasteiger partial charge >= 0.3 is 5.97 Å². The van der Waals surface area contributed by atoms with Crippen molar-refractivity contribution in [3.63, 3.8) is 0 Å². The number of carbonyl (C=O) groups is 2. The lowest BCUT2D eigenvalue weighted by Gasteiger charge is -2.19. The number of hydrogen-bond acceptors (Lipinski definition) is 3. The van der Waals surface area contributed by atoms with Gasteiger partial charge in [-0.2, -0.15) is 0 Å². The van der Waals surface area contributed by atoms with Gasteiger partial charge in [-0.1, -0.05) is 26.0 Å². The van der Waals surface area contributed by atoms with Crippen molar-refractivity contribution >= 4 is 18.0 Å². The van der Waals surface area contributed by atoms with Gasteiger partial charge in [-0.05, 0) is 36.6 Å². The second-order valence-corrected chi connectivity index (χ2v) is 4.77. The molecule has 0 saturated heterocycles. The van der Waals surface area contributed by atoms with E-state index in [2.05, 4.69) is 18.6 Å². The summed E-state index contributed by atoms with van der Waals surface area (Å²) in [6.07, 6.45) is 5.25. The van der Waals surface area contributed by atoms with Crippen LogP contribution in [0.4, 0.5) is 0 Å². The van der Waals surface area contributed by atoms with Crippen LogP contribution in [0.5, 0.6) is 0 Å². The van der Waals surface area contributed by atoms with Gasteiger partial charge in [0.2, 0.25) is 5.91 Å². The second-order valence-electron chi connectivity index (χ2n) is 4.77. The first-order valence-corrected chi connectivity index (χ1v) is 7.27. The number of hydrogen-bond donors (Lipinski definition) is 0. The van der Waals surface area contributed by atoms with E-state index in [1.54, 1.807) is 36.4 Å². The molecular formula is C17H23NO3. The average Bonchev–Trinajstić information content (AvgIpc) is 2.52. The van der Waals surface area contributed by atoms with Crippen LogP contribution in [0.1, 0.15) is 42.6 Å². The Morgan fingerprint density at radius 3 is 2.14 bits per heavy atom. The van der Waals surface area contributed by atoms with Gasteiger partial charge in [0.05, 0.1) is 12.7 Å². The van der Waals surface area contributed by atoms with E-state index in [-0.39, 0.29) is 11.9 Å². The zero-order valence-electron chi connectivity index (χ0n) is 13.0. The number of carbonyl (C=O) groups excluding carboxylic acids is 2. The van der Waals surface area contributed by atoms with Crippen molar-refractivity contribution in [3.05, 3.63) is 41.5 Å². The molecule has 1 amide bonds. The lowest BCUT2D eigenvalue weighted by Crippen LogP contribution is -2.30. The monoisotopic (exact) mass is 289 g/mol. The smallest absolute Gasteiger partial charge is 0.337 e. The summed E-state index contributed by atoms with van der Waals surface area (Å²) in [4.78, 5) is 25.3. The lowest BCUT2D eigenvalue weighted by atomic mass is 10.1. The lowest BCUT2D eigenvalue weighted by molar-refractivity contribution is -0.126. The van der Waals surface area contributed by atoms with Crippen molar-refractivity contribution in [3.8, 4) is 0 Å². The third kappa shape index (κ3) is 5.42. The fourth-order valence-corrected chi connectivity index (χ4v) is 1.99. The molecule has 0 radical (unpaired) electrons. The Hall–Kier alpha value is -2.10. The van der Waals surface area contributed by atoms with E-state index < -0.39 is 0 Å². The molecule has 0 heterocycles. The van der Waals surface area contributed by atoms with Crippen molar-refractivity contribution in [2.45, 2.75) is 26.7 Å². The first-order valence-electron chi connectivity index (χ1n) is 7.27. The summed E-state index contributed by atoms with van der Waals surface area (Å²) in [7, 11) is 1.35. The molecule has 0 atom stereocenters. The minimum absolute atomic E-state index is 0.0238. The van der Waals surface area contributed by atoms with Gasteiger partial charge in [0, 0.05) is 19.2 Å². The van der Waals surface area contributed by atoms with E-state index >= 15 is 0 Å². The van der Waals surface area contributed by atoms with Crippen LogP contribution in [0.25, 0.3) is 6.08 Å². The molecule has 0 spiro atoms. The molecule has 0 aliphatic rings. The highest BCUT2D eigenvalue weighted by molar-refractivity contribution is 5.92. The fraction of sp³-hybridized carbons (Fsp3) is 0.412. The van der Waals surface area contributed by atoms with Crippen LogP contribution < -0.4 is 0 Å². The summed E-state index contributed by atoms with van der Waals surface area (Å²) in [6.45, 7) is 5.67. The highest BCUT2D eigenvalue weighted by atomic mass is 16.5. The molecule has 0 aliphatic carbocycles. The third-order valence-corrected chi connectivity index (χ3v) is 3.05. The fourth-order valence-electron chi connectivity index (χ4n) is 1.99. The van der Waals surface area contributed by atoms with Crippen LogP contribution in [0, 0.1) is 0 Å². The van der Waals surface area contributed by atoms with E-state index in [0.717, 1.165) is 31.5 Å². The maximum atomic E-state index is 12.1. The minimum Gasteiger partial charge on any atom is -0.465 e. The van der Waals surface area contributed by atoms with E-state index in [9.17, 15) is 9.59 Å². The predicted molar refractivity (Wildman–Crippen MR) is 84.0 cm³/mol. The predicted octanol–water partition coefficient (Wildman–Crippen LogP) is 3.14. The molecule has 1 aromatic carbocycles. The molecule has 21 heavy (non-hydrogen) atoms. The second kappa shape index (κ2) is 8.95. The molecule has 4 heteroatoms. The number of methoxy groups -OCH3 is 1. The van der Waals surface area contributed by atoms with Gasteiger partial charge in [-0.15, -0.1) is 0 Å². The summed E-state index contributed by atoms with van der Waals surface area (Å²) in [5, 5.41) is 0. The van der Waals surface area contributed by atoms with Crippen LogP contribution in [0.3, 0.4) is 0 Å². The van der Waals surface area contributed by atoms with Crippen molar-refractivity contribution < 1.29 is 14.3 Å². The minimum atomic E-state index is -0.362. The number of benzene rings is 1. The number of amides is 1. The molecule has 0 aromatic heterocycles. The van der Waals surface area contributed by atoms with E-state index in [1.807, 2.05) is 4.90 Å². The first kappa shape index (κ1) is 17.0. The van der Waals surface area contributed by atoms with Crippen LogP contribution >= 0.6 is 0 Å². The van der Waals surface area contributed by atoms with E-state index in [4.69, 9.17) is 0 Å². The molecule has 114 valence electrons. The Labute approximate surface area is 126 Å². The maximum absolute atomic E-state index is 12.1. The molecule has 1 rings (SSSR count). The van der Waals surface area contributed by atoms with Gasteiger partial charge in [-0.25, -0.2) is 4.79 Å². The molecule has 0 N–H and O–H groups in total. The third-order valence-electron chi connectivity index (χ3n) is 3.05. The van der Waals surface area contributed by atoms with Gasteiger partial charge in [0.15, 0.2) is 0 Å². The van der Waals surface area contributed by atoms with Gasteiger partial charge in [0.1, 0.15) is 0 Å². The van der Waals surface area contributed by atoms with Gasteiger partial charge in [0.25, 0.3) is 0 Å². The Bertz CT molecular complexity index is 485. The van der Waals surface area contributed by atoms with Crippen molar-refractivity contribution in [1.29, 1.82) is 0 Å². The summed E-state index contributed by atoms with van der Waals surface area (Å²) in [6, 6.07) is 6.96. The standard InChI is InChI=1S/C17H23NO3/c1-4-12-18(13-5-2)16(19)11-8-14-6-9-15(10-7-14)17(20)21-3/h6-11H,4-5,12-13H2,1-3H3/b11-8+. The highest BCUT2D eigenvalue weighted by Gasteiger charge is 2.08. The van der Waals surface area contributed by atoms with Crippen molar-refractivity contribution in [1.82, 2.24) is 4.90 Å². The SMILES string of the molecule is CCCN(CCC)C(=O)/C=C/c1ccc(C(=O)OC)cc1. The highest BCUT2D eigenvalue weighted by Crippen LogP contribution is 2.08. The quantitative estimate of drug-likeness (QED) is 0.572. The zero-order chi connectivity index (χ0) is 15.7. The molecule has 0 aliphatic heterocycles. The normalized spacial score (nSPS) is 10.6. The Morgan fingerprint density at radius 2 is 1.67 bits per heavy atom. The van der Waals surface area contributed by atoms with Gasteiger partial charge in [-0.3, -0.25) is 4.79 Å². The molecular weight excluding hydrogens is 266 g/mol. The van der Waals surface area contributed by atoms with Crippen molar-refractivity contribution in [2.24, 2.45) is 0 Å². The number of esters is 1. The largest absolute Gasteiger partial charge is 0.465 e. The summed E-state index contributed by atoms with van der Waals surface area (Å²) in [5.41, 5.74) is 1.38. The maximum Gasteiger partial charge on any atom is 0.337 e. The molecule has 0 bridgehead atoms. The summed E-state index contributed by atoms with van der Waals surface area (Å²) in [5.74, 6) is -0.339.